The first-order valence-corrected chi connectivity index (χ1v) is 9.43. The number of amides is 1. The van der Waals surface area contributed by atoms with Crippen molar-refractivity contribution in [3.05, 3.63) is 59.7 Å². The number of rotatable bonds is 5. The molecule has 5 heteroatoms. The van der Waals surface area contributed by atoms with Gasteiger partial charge in [-0.1, -0.05) is 37.3 Å². The summed E-state index contributed by atoms with van der Waals surface area (Å²) in [6.45, 7) is 3.61. The number of nitrogen functional groups attached to an aromatic ring is 1. The topological polar surface area (TPSA) is 96.1 Å². The quantitative estimate of drug-likeness (QED) is 0.798. The largest absolute Gasteiger partial charge is 0.399 e. The van der Waals surface area contributed by atoms with E-state index in [-0.39, 0.29) is 11.8 Å². The summed E-state index contributed by atoms with van der Waals surface area (Å²) in [6, 6.07) is 17.6. The standard InChI is InChI=1S/C22H26N4O/c1-2-22(21(25)27,17-6-4-3-5-7-17)18-10-12-26(13-11-18)20-9-8-19(24)14-16(20)15-23/h3-9,14,18H,2,10-13,24H2,1H3,(H2,25,27). The molecule has 0 aliphatic carbocycles. The van der Waals surface area contributed by atoms with Gasteiger partial charge in [0.15, 0.2) is 0 Å². The molecule has 1 heterocycles. The lowest BCUT2D eigenvalue weighted by Crippen LogP contribution is -2.50. The van der Waals surface area contributed by atoms with Crippen LogP contribution in [0.1, 0.15) is 37.3 Å². The van der Waals surface area contributed by atoms with Gasteiger partial charge in [0.2, 0.25) is 5.91 Å². The molecule has 0 saturated carbocycles. The molecule has 1 aliphatic heterocycles. The van der Waals surface area contributed by atoms with Gasteiger partial charge >= 0.3 is 0 Å². The van der Waals surface area contributed by atoms with Crippen molar-refractivity contribution in [1.29, 1.82) is 5.26 Å². The van der Waals surface area contributed by atoms with Crippen LogP contribution in [0.3, 0.4) is 0 Å². The molecule has 1 atom stereocenters. The fraction of sp³-hybridized carbons (Fsp3) is 0.364. The monoisotopic (exact) mass is 362 g/mol. The fourth-order valence-electron chi connectivity index (χ4n) is 4.51. The molecule has 3 rings (SSSR count). The third-order valence-electron chi connectivity index (χ3n) is 5.96. The van der Waals surface area contributed by atoms with Gasteiger partial charge in [-0.15, -0.1) is 0 Å². The van der Waals surface area contributed by atoms with Crippen molar-refractivity contribution in [2.24, 2.45) is 11.7 Å². The second-order valence-corrected chi connectivity index (χ2v) is 7.20. The van der Waals surface area contributed by atoms with Gasteiger partial charge in [-0.3, -0.25) is 4.79 Å². The predicted octanol–water partition coefficient (Wildman–Crippen LogP) is 3.19. The Morgan fingerprint density at radius 3 is 2.44 bits per heavy atom. The van der Waals surface area contributed by atoms with Crippen LogP contribution in [0.15, 0.2) is 48.5 Å². The maximum absolute atomic E-state index is 12.6. The lowest BCUT2D eigenvalue weighted by molar-refractivity contribution is -0.126. The molecule has 0 radical (unpaired) electrons. The Hall–Kier alpha value is -3.00. The average molecular weight is 362 g/mol. The number of hydrogen-bond donors (Lipinski definition) is 2. The van der Waals surface area contributed by atoms with E-state index in [1.807, 2.05) is 49.4 Å². The third-order valence-corrected chi connectivity index (χ3v) is 5.96. The minimum Gasteiger partial charge on any atom is -0.399 e. The summed E-state index contributed by atoms with van der Waals surface area (Å²) in [6.07, 6.45) is 2.38. The zero-order valence-corrected chi connectivity index (χ0v) is 15.7. The Balaban J connectivity index is 1.85. The molecule has 2 aromatic carbocycles. The van der Waals surface area contributed by atoms with Gasteiger partial charge < -0.3 is 16.4 Å². The SMILES string of the molecule is CCC(C(N)=O)(c1ccccc1)C1CCN(c2ccc(N)cc2C#N)CC1. The first kappa shape index (κ1) is 18.8. The fourth-order valence-corrected chi connectivity index (χ4v) is 4.51. The highest BCUT2D eigenvalue weighted by Gasteiger charge is 2.45. The predicted molar refractivity (Wildman–Crippen MR) is 108 cm³/mol. The van der Waals surface area contributed by atoms with Crippen LogP contribution in [0.2, 0.25) is 0 Å². The molecule has 140 valence electrons. The summed E-state index contributed by atoms with van der Waals surface area (Å²) in [5.74, 6) is -0.0715. The van der Waals surface area contributed by atoms with E-state index in [1.165, 1.54) is 0 Å². The molecule has 0 spiro atoms. The van der Waals surface area contributed by atoms with Gasteiger partial charge in [-0.2, -0.15) is 5.26 Å². The second-order valence-electron chi connectivity index (χ2n) is 7.20. The van der Waals surface area contributed by atoms with Crippen LogP contribution >= 0.6 is 0 Å². The Kier molecular flexibility index (Phi) is 5.36. The Morgan fingerprint density at radius 2 is 1.89 bits per heavy atom. The van der Waals surface area contributed by atoms with E-state index >= 15 is 0 Å². The minimum atomic E-state index is -0.646. The summed E-state index contributed by atoms with van der Waals surface area (Å²) in [5, 5.41) is 9.42. The van der Waals surface area contributed by atoms with E-state index in [0.29, 0.717) is 17.7 Å². The number of nitrogens with two attached hydrogens (primary N) is 2. The van der Waals surface area contributed by atoms with Crippen LogP contribution in [0, 0.1) is 17.2 Å². The number of anilines is 2. The van der Waals surface area contributed by atoms with Crippen LogP contribution < -0.4 is 16.4 Å². The highest BCUT2D eigenvalue weighted by molar-refractivity contribution is 5.87. The van der Waals surface area contributed by atoms with Crippen molar-refractivity contribution < 1.29 is 4.79 Å². The Bertz CT molecular complexity index is 850. The van der Waals surface area contributed by atoms with Crippen molar-refractivity contribution >= 4 is 17.3 Å². The second kappa shape index (κ2) is 7.71. The highest BCUT2D eigenvalue weighted by Crippen LogP contribution is 2.42. The van der Waals surface area contributed by atoms with Crippen LogP contribution in [0.4, 0.5) is 11.4 Å². The van der Waals surface area contributed by atoms with E-state index in [4.69, 9.17) is 11.5 Å². The molecule has 5 nitrogen and oxygen atoms in total. The highest BCUT2D eigenvalue weighted by atomic mass is 16.1. The van der Waals surface area contributed by atoms with Gasteiger partial charge in [-0.05, 0) is 48.9 Å². The molecule has 1 unspecified atom stereocenters. The van der Waals surface area contributed by atoms with E-state index in [1.54, 1.807) is 6.07 Å². The van der Waals surface area contributed by atoms with Crippen LogP contribution in [-0.2, 0) is 10.2 Å². The molecule has 0 bridgehead atoms. The number of nitrogens with zero attached hydrogens (tertiary/aromatic N) is 2. The zero-order chi connectivity index (χ0) is 19.4. The van der Waals surface area contributed by atoms with Crippen molar-refractivity contribution in [2.45, 2.75) is 31.6 Å². The maximum Gasteiger partial charge on any atom is 0.228 e. The summed E-state index contributed by atoms with van der Waals surface area (Å²) in [7, 11) is 0. The van der Waals surface area contributed by atoms with Crippen LogP contribution in [0.25, 0.3) is 0 Å². The van der Waals surface area contributed by atoms with Crippen LogP contribution in [0.5, 0.6) is 0 Å². The number of hydrogen-bond acceptors (Lipinski definition) is 4. The van der Waals surface area contributed by atoms with E-state index in [0.717, 1.165) is 37.2 Å². The average Bonchev–Trinajstić information content (AvgIpc) is 2.70. The van der Waals surface area contributed by atoms with Gasteiger partial charge in [-0.25, -0.2) is 0 Å². The van der Waals surface area contributed by atoms with E-state index in [9.17, 15) is 10.1 Å². The van der Waals surface area contributed by atoms with Crippen molar-refractivity contribution in [1.82, 2.24) is 0 Å². The molecular weight excluding hydrogens is 336 g/mol. The van der Waals surface area contributed by atoms with Crippen molar-refractivity contribution in [3.63, 3.8) is 0 Å². The molecule has 1 amide bonds. The summed E-state index contributed by atoms with van der Waals surface area (Å²) in [4.78, 5) is 14.8. The molecule has 1 aliphatic rings. The van der Waals surface area contributed by atoms with Crippen molar-refractivity contribution in [2.75, 3.05) is 23.7 Å². The lowest BCUT2D eigenvalue weighted by atomic mass is 9.64. The molecule has 4 N–H and O–H groups in total. The Morgan fingerprint density at radius 1 is 1.22 bits per heavy atom. The van der Waals surface area contributed by atoms with Gasteiger partial charge in [0.05, 0.1) is 16.7 Å². The molecule has 1 saturated heterocycles. The maximum atomic E-state index is 12.6. The van der Waals surface area contributed by atoms with Gasteiger partial charge in [0, 0.05) is 18.8 Å². The number of primary amides is 1. The first-order chi connectivity index (χ1) is 13.0. The zero-order valence-electron chi connectivity index (χ0n) is 15.7. The van der Waals surface area contributed by atoms with Crippen molar-refractivity contribution in [3.8, 4) is 6.07 Å². The number of benzene rings is 2. The number of carbonyl (C=O) groups is 1. The van der Waals surface area contributed by atoms with Crippen LogP contribution in [-0.4, -0.2) is 19.0 Å². The summed E-state index contributed by atoms with van der Waals surface area (Å²) in [5.41, 5.74) is 14.2. The first-order valence-electron chi connectivity index (χ1n) is 9.43. The minimum absolute atomic E-state index is 0.179. The third kappa shape index (κ3) is 3.35. The molecule has 27 heavy (non-hydrogen) atoms. The smallest absolute Gasteiger partial charge is 0.228 e. The summed E-state index contributed by atoms with van der Waals surface area (Å²) < 4.78 is 0. The van der Waals surface area contributed by atoms with Gasteiger partial charge in [0.25, 0.3) is 0 Å². The van der Waals surface area contributed by atoms with E-state index in [2.05, 4.69) is 11.0 Å². The number of piperidine rings is 1. The molecular formula is C22H26N4O. The number of nitriles is 1. The molecule has 0 aromatic heterocycles. The lowest BCUT2D eigenvalue weighted by Gasteiger charge is -2.43. The van der Waals surface area contributed by atoms with Gasteiger partial charge in [0.1, 0.15) is 6.07 Å². The summed E-state index contributed by atoms with van der Waals surface area (Å²) >= 11 is 0. The molecule has 2 aromatic rings. The normalized spacial score (nSPS) is 17.1. The molecule has 1 fully saturated rings. The number of carbonyl (C=O) groups excluding carboxylic acids is 1. The van der Waals surface area contributed by atoms with E-state index < -0.39 is 5.41 Å². The Labute approximate surface area is 160 Å².